The Morgan fingerprint density at radius 2 is 2.20 bits per heavy atom. The van der Waals surface area contributed by atoms with Crippen LogP contribution in [0.15, 0.2) is 0 Å². The fourth-order valence-electron chi connectivity index (χ4n) is 1.16. The number of hydrogen-bond acceptors (Lipinski definition) is 4. The maximum Gasteiger partial charge on any atom is 0.224 e. The van der Waals surface area contributed by atoms with Gasteiger partial charge in [0.1, 0.15) is 0 Å². The minimum atomic E-state index is -0.629. The molecule has 0 heterocycles. The number of aliphatic hydroxyl groups excluding tert-OH is 1. The predicted octanol–water partition coefficient (Wildman–Crippen LogP) is -0.121. The van der Waals surface area contributed by atoms with Crippen molar-refractivity contribution in [2.24, 2.45) is 0 Å². The van der Waals surface area contributed by atoms with E-state index in [0.717, 1.165) is 0 Å². The SMILES string of the molecule is CCOCCC(=O)N(C)CC(O)COC. The summed E-state index contributed by atoms with van der Waals surface area (Å²) in [6.07, 6.45) is -0.277. The van der Waals surface area contributed by atoms with Crippen LogP contribution in [0.25, 0.3) is 0 Å². The van der Waals surface area contributed by atoms with Gasteiger partial charge in [0.05, 0.1) is 25.7 Å². The van der Waals surface area contributed by atoms with Gasteiger partial charge in [-0.2, -0.15) is 0 Å². The van der Waals surface area contributed by atoms with Gasteiger partial charge in [-0.25, -0.2) is 0 Å². The predicted molar refractivity (Wildman–Crippen MR) is 56.6 cm³/mol. The number of ether oxygens (including phenoxy) is 2. The van der Waals surface area contributed by atoms with Gasteiger partial charge < -0.3 is 19.5 Å². The second-order valence-corrected chi connectivity index (χ2v) is 3.33. The van der Waals surface area contributed by atoms with Crippen molar-refractivity contribution in [2.75, 3.05) is 40.5 Å². The molecule has 0 saturated heterocycles. The minimum Gasteiger partial charge on any atom is -0.389 e. The van der Waals surface area contributed by atoms with E-state index in [1.807, 2.05) is 6.92 Å². The van der Waals surface area contributed by atoms with E-state index >= 15 is 0 Å². The molecule has 0 aromatic rings. The van der Waals surface area contributed by atoms with E-state index in [2.05, 4.69) is 0 Å². The van der Waals surface area contributed by atoms with Crippen LogP contribution in [-0.2, 0) is 14.3 Å². The van der Waals surface area contributed by atoms with Crippen LogP contribution in [0.5, 0.6) is 0 Å². The summed E-state index contributed by atoms with van der Waals surface area (Å²) in [5, 5.41) is 9.39. The molecule has 1 amide bonds. The van der Waals surface area contributed by atoms with Crippen molar-refractivity contribution in [1.29, 1.82) is 0 Å². The molecule has 90 valence electrons. The molecular formula is C10H21NO4. The smallest absolute Gasteiger partial charge is 0.224 e. The third kappa shape index (κ3) is 7.30. The van der Waals surface area contributed by atoms with Crippen molar-refractivity contribution in [2.45, 2.75) is 19.4 Å². The van der Waals surface area contributed by atoms with Crippen molar-refractivity contribution in [3.05, 3.63) is 0 Å². The number of amides is 1. The molecule has 1 atom stereocenters. The quantitative estimate of drug-likeness (QED) is 0.578. The van der Waals surface area contributed by atoms with E-state index in [4.69, 9.17) is 9.47 Å². The summed E-state index contributed by atoms with van der Waals surface area (Å²) in [6, 6.07) is 0. The maximum absolute atomic E-state index is 11.5. The lowest BCUT2D eigenvalue weighted by molar-refractivity contribution is -0.132. The molecule has 0 aromatic heterocycles. The Balaban J connectivity index is 3.68. The van der Waals surface area contributed by atoms with Gasteiger partial charge in [-0.3, -0.25) is 4.79 Å². The van der Waals surface area contributed by atoms with E-state index < -0.39 is 6.10 Å². The van der Waals surface area contributed by atoms with Crippen molar-refractivity contribution >= 4 is 5.91 Å². The number of likely N-dealkylation sites (N-methyl/N-ethyl adjacent to an activating group) is 1. The van der Waals surface area contributed by atoms with Crippen LogP contribution in [-0.4, -0.2) is 62.5 Å². The molecule has 0 aliphatic heterocycles. The first-order chi connectivity index (χ1) is 7.11. The average Bonchev–Trinajstić information content (AvgIpc) is 2.18. The third-order valence-corrected chi connectivity index (χ3v) is 1.93. The fourth-order valence-corrected chi connectivity index (χ4v) is 1.16. The summed E-state index contributed by atoms with van der Waals surface area (Å²) >= 11 is 0. The van der Waals surface area contributed by atoms with Crippen molar-refractivity contribution in [3.8, 4) is 0 Å². The van der Waals surface area contributed by atoms with Gasteiger partial charge in [-0.15, -0.1) is 0 Å². The highest BCUT2D eigenvalue weighted by Crippen LogP contribution is 1.95. The highest BCUT2D eigenvalue weighted by Gasteiger charge is 2.12. The second kappa shape index (κ2) is 8.64. The Kier molecular flexibility index (Phi) is 8.27. The molecule has 0 saturated carbocycles. The zero-order chi connectivity index (χ0) is 11.7. The first kappa shape index (κ1) is 14.3. The average molecular weight is 219 g/mol. The summed E-state index contributed by atoms with van der Waals surface area (Å²) in [7, 11) is 3.17. The van der Waals surface area contributed by atoms with E-state index in [0.29, 0.717) is 26.2 Å². The van der Waals surface area contributed by atoms with Crippen LogP contribution in [0.1, 0.15) is 13.3 Å². The number of nitrogens with zero attached hydrogens (tertiary/aromatic N) is 1. The lowest BCUT2D eigenvalue weighted by Gasteiger charge is -2.20. The molecule has 0 aliphatic rings. The molecule has 0 rings (SSSR count). The highest BCUT2D eigenvalue weighted by atomic mass is 16.5. The molecule has 0 radical (unpaired) electrons. The maximum atomic E-state index is 11.5. The summed E-state index contributed by atoms with van der Waals surface area (Å²) in [4.78, 5) is 12.9. The molecule has 0 aromatic carbocycles. The van der Waals surface area contributed by atoms with E-state index in [1.165, 1.54) is 12.0 Å². The molecular weight excluding hydrogens is 198 g/mol. The van der Waals surface area contributed by atoms with E-state index in [9.17, 15) is 9.90 Å². The molecule has 5 nitrogen and oxygen atoms in total. The minimum absolute atomic E-state index is 0.0291. The highest BCUT2D eigenvalue weighted by molar-refractivity contribution is 5.75. The first-order valence-electron chi connectivity index (χ1n) is 5.10. The van der Waals surface area contributed by atoms with Crippen LogP contribution >= 0.6 is 0 Å². The Morgan fingerprint density at radius 1 is 1.53 bits per heavy atom. The monoisotopic (exact) mass is 219 g/mol. The molecule has 0 fully saturated rings. The Labute approximate surface area is 91.0 Å². The van der Waals surface area contributed by atoms with Crippen molar-refractivity contribution < 1.29 is 19.4 Å². The number of hydrogen-bond donors (Lipinski definition) is 1. The van der Waals surface area contributed by atoms with Gasteiger partial charge >= 0.3 is 0 Å². The van der Waals surface area contributed by atoms with Gasteiger partial charge in [-0.05, 0) is 6.92 Å². The molecule has 0 aliphatic carbocycles. The third-order valence-electron chi connectivity index (χ3n) is 1.93. The van der Waals surface area contributed by atoms with Crippen LogP contribution in [0.4, 0.5) is 0 Å². The molecule has 5 heteroatoms. The van der Waals surface area contributed by atoms with Gasteiger partial charge in [0.25, 0.3) is 0 Å². The second-order valence-electron chi connectivity index (χ2n) is 3.33. The topological polar surface area (TPSA) is 59.0 Å². The summed E-state index contributed by atoms with van der Waals surface area (Å²) in [5.41, 5.74) is 0. The standard InChI is InChI=1S/C10H21NO4/c1-4-15-6-5-10(13)11(2)7-9(12)8-14-3/h9,12H,4-8H2,1-3H3. The fraction of sp³-hybridized carbons (Fsp3) is 0.900. The van der Waals surface area contributed by atoms with E-state index in [-0.39, 0.29) is 12.5 Å². The zero-order valence-electron chi connectivity index (χ0n) is 9.73. The molecule has 0 bridgehead atoms. The lowest BCUT2D eigenvalue weighted by Crippen LogP contribution is -2.36. The lowest BCUT2D eigenvalue weighted by atomic mass is 10.3. The van der Waals surface area contributed by atoms with Gasteiger partial charge in [0.2, 0.25) is 5.91 Å². The molecule has 0 spiro atoms. The van der Waals surface area contributed by atoms with Crippen molar-refractivity contribution in [1.82, 2.24) is 4.90 Å². The van der Waals surface area contributed by atoms with Crippen LogP contribution < -0.4 is 0 Å². The van der Waals surface area contributed by atoms with Crippen molar-refractivity contribution in [3.63, 3.8) is 0 Å². The number of methoxy groups -OCH3 is 1. The van der Waals surface area contributed by atoms with Gasteiger partial charge in [0.15, 0.2) is 0 Å². The molecule has 1 N–H and O–H groups in total. The van der Waals surface area contributed by atoms with Crippen LogP contribution in [0, 0.1) is 0 Å². The number of carbonyl (C=O) groups excluding carboxylic acids is 1. The van der Waals surface area contributed by atoms with E-state index in [1.54, 1.807) is 7.05 Å². The first-order valence-corrected chi connectivity index (χ1v) is 5.10. The van der Waals surface area contributed by atoms with Gasteiger partial charge in [-0.1, -0.05) is 0 Å². The largest absolute Gasteiger partial charge is 0.389 e. The van der Waals surface area contributed by atoms with Crippen LogP contribution in [0.3, 0.4) is 0 Å². The molecule has 1 unspecified atom stereocenters. The Bertz CT molecular complexity index is 175. The Hall–Kier alpha value is -0.650. The number of carbonyl (C=O) groups is 1. The Morgan fingerprint density at radius 3 is 2.73 bits per heavy atom. The summed E-state index contributed by atoms with van der Waals surface area (Å²) in [6.45, 7) is 3.46. The number of aliphatic hydroxyl groups is 1. The molecule has 15 heavy (non-hydrogen) atoms. The van der Waals surface area contributed by atoms with Gasteiger partial charge in [0, 0.05) is 27.3 Å². The normalized spacial score (nSPS) is 12.5. The summed E-state index contributed by atoms with van der Waals surface area (Å²) < 4.78 is 9.84. The number of rotatable bonds is 8. The summed E-state index contributed by atoms with van der Waals surface area (Å²) in [5.74, 6) is -0.0291. The van der Waals surface area contributed by atoms with Crippen LogP contribution in [0.2, 0.25) is 0 Å². The zero-order valence-corrected chi connectivity index (χ0v) is 9.73.